The van der Waals surface area contributed by atoms with Crippen LogP contribution in [0.1, 0.15) is 17.2 Å². The zero-order chi connectivity index (χ0) is 20.3. The SMILES string of the molecule is COc1ccc([C@H]2C(=C(O)c3ccccc3)C(=O)C(=O)N2CC#N)c(OC)c1. The number of amides is 1. The van der Waals surface area contributed by atoms with Crippen LogP contribution in [0.25, 0.3) is 5.76 Å². The van der Waals surface area contributed by atoms with Crippen LogP contribution in [0.2, 0.25) is 0 Å². The van der Waals surface area contributed by atoms with Crippen molar-refractivity contribution in [3.05, 3.63) is 65.2 Å². The molecule has 0 unspecified atom stereocenters. The number of ether oxygens (including phenoxy) is 2. The highest BCUT2D eigenvalue weighted by Gasteiger charge is 2.47. The first-order chi connectivity index (χ1) is 13.5. The van der Waals surface area contributed by atoms with Gasteiger partial charge in [-0.25, -0.2) is 0 Å². The highest BCUT2D eigenvalue weighted by molar-refractivity contribution is 6.46. The van der Waals surface area contributed by atoms with E-state index < -0.39 is 17.7 Å². The molecule has 0 radical (unpaired) electrons. The number of carbonyl (C=O) groups is 2. The first-order valence-electron chi connectivity index (χ1n) is 8.46. The molecule has 3 rings (SSSR count). The van der Waals surface area contributed by atoms with Crippen molar-refractivity contribution >= 4 is 17.4 Å². The van der Waals surface area contributed by atoms with E-state index in [1.54, 1.807) is 48.5 Å². The third-order valence-corrected chi connectivity index (χ3v) is 4.56. The van der Waals surface area contributed by atoms with Crippen molar-refractivity contribution in [1.29, 1.82) is 5.26 Å². The number of methoxy groups -OCH3 is 2. The van der Waals surface area contributed by atoms with E-state index in [0.717, 1.165) is 4.90 Å². The Morgan fingerprint density at radius 1 is 1.14 bits per heavy atom. The highest BCUT2D eigenvalue weighted by Crippen LogP contribution is 2.43. The van der Waals surface area contributed by atoms with Crippen molar-refractivity contribution in [2.75, 3.05) is 20.8 Å². The maximum atomic E-state index is 12.7. The lowest BCUT2D eigenvalue weighted by Crippen LogP contribution is -2.30. The molecule has 1 N–H and O–H groups in total. The van der Waals surface area contributed by atoms with Gasteiger partial charge in [0.2, 0.25) is 0 Å². The normalized spacial score (nSPS) is 18.0. The summed E-state index contributed by atoms with van der Waals surface area (Å²) in [6, 6.07) is 14.3. The molecule has 1 heterocycles. The molecule has 0 saturated carbocycles. The summed E-state index contributed by atoms with van der Waals surface area (Å²) in [4.78, 5) is 26.4. The Bertz CT molecular complexity index is 992. The van der Waals surface area contributed by atoms with Gasteiger partial charge in [-0.05, 0) is 12.1 Å². The Morgan fingerprint density at radius 2 is 1.86 bits per heavy atom. The first-order valence-corrected chi connectivity index (χ1v) is 8.46. The number of aliphatic hydroxyl groups excluding tert-OH is 1. The van der Waals surface area contributed by atoms with Gasteiger partial charge in [-0.2, -0.15) is 5.26 Å². The number of carbonyl (C=O) groups excluding carboxylic acids is 2. The Kier molecular flexibility index (Phi) is 5.32. The first kappa shape index (κ1) is 19.0. The number of rotatable bonds is 5. The number of hydrogen-bond donors (Lipinski definition) is 1. The highest BCUT2D eigenvalue weighted by atomic mass is 16.5. The fraction of sp³-hybridized carbons (Fsp3) is 0.190. The molecule has 0 aromatic heterocycles. The second-order valence-electron chi connectivity index (χ2n) is 6.06. The minimum atomic E-state index is -0.958. The van der Waals surface area contributed by atoms with Crippen molar-refractivity contribution in [1.82, 2.24) is 4.90 Å². The molecule has 1 atom stereocenters. The number of Topliss-reactive ketones (excluding diaryl/α,β-unsaturated/α-hetero) is 1. The summed E-state index contributed by atoms with van der Waals surface area (Å²) in [5.41, 5.74) is 0.778. The molecule has 28 heavy (non-hydrogen) atoms. The van der Waals surface area contributed by atoms with Crippen LogP contribution in [0.4, 0.5) is 0 Å². The van der Waals surface area contributed by atoms with E-state index in [9.17, 15) is 14.7 Å². The van der Waals surface area contributed by atoms with Gasteiger partial charge in [-0.3, -0.25) is 9.59 Å². The van der Waals surface area contributed by atoms with Gasteiger partial charge in [-0.15, -0.1) is 0 Å². The number of likely N-dealkylation sites (tertiary alicyclic amines) is 1. The van der Waals surface area contributed by atoms with Crippen LogP contribution in [-0.2, 0) is 9.59 Å². The summed E-state index contributed by atoms with van der Waals surface area (Å²) in [6.07, 6.45) is 0. The summed E-state index contributed by atoms with van der Waals surface area (Å²) in [5, 5.41) is 20.0. The molecule has 2 aromatic rings. The summed E-state index contributed by atoms with van der Waals surface area (Å²) >= 11 is 0. The zero-order valence-corrected chi connectivity index (χ0v) is 15.4. The lowest BCUT2D eigenvalue weighted by molar-refractivity contribution is -0.139. The zero-order valence-electron chi connectivity index (χ0n) is 15.4. The molecule has 1 aliphatic heterocycles. The predicted octanol–water partition coefficient (Wildman–Crippen LogP) is 2.65. The van der Waals surface area contributed by atoms with E-state index in [0.29, 0.717) is 22.6 Å². The van der Waals surface area contributed by atoms with Gasteiger partial charge < -0.3 is 19.5 Å². The quantitative estimate of drug-likeness (QED) is 0.372. The average molecular weight is 378 g/mol. The van der Waals surface area contributed by atoms with Crippen molar-refractivity contribution in [2.24, 2.45) is 0 Å². The van der Waals surface area contributed by atoms with E-state index in [-0.39, 0.29) is 17.9 Å². The average Bonchev–Trinajstić information content (AvgIpc) is 2.98. The maximum absolute atomic E-state index is 12.7. The second kappa shape index (κ2) is 7.84. The second-order valence-corrected chi connectivity index (χ2v) is 6.06. The fourth-order valence-corrected chi connectivity index (χ4v) is 3.24. The van der Waals surface area contributed by atoms with E-state index >= 15 is 0 Å². The third-order valence-electron chi connectivity index (χ3n) is 4.56. The molecule has 1 saturated heterocycles. The smallest absolute Gasteiger partial charge is 0.296 e. The lowest BCUT2D eigenvalue weighted by atomic mass is 9.94. The molecular weight excluding hydrogens is 360 g/mol. The molecule has 7 nitrogen and oxygen atoms in total. The Balaban J connectivity index is 2.25. The molecule has 0 spiro atoms. The Morgan fingerprint density at radius 3 is 2.46 bits per heavy atom. The Labute approximate surface area is 162 Å². The standard InChI is InChI=1S/C21H18N2O5/c1-27-14-8-9-15(16(12-14)28-2)18-17(19(24)13-6-4-3-5-7-13)20(25)21(26)23(18)11-10-22/h3-9,12,18,24H,11H2,1-2H3/t18-/m0/s1. The van der Waals surface area contributed by atoms with E-state index in [1.165, 1.54) is 14.2 Å². The fourth-order valence-electron chi connectivity index (χ4n) is 3.24. The number of benzene rings is 2. The maximum Gasteiger partial charge on any atom is 0.296 e. The number of nitrogens with zero attached hydrogens (tertiary/aromatic N) is 2. The monoisotopic (exact) mass is 378 g/mol. The molecule has 0 bridgehead atoms. The molecule has 1 aliphatic rings. The lowest BCUT2D eigenvalue weighted by Gasteiger charge is -2.24. The Hall–Kier alpha value is -3.79. The topological polar surface area (TPSA) is 99.9 Å². The summed E-state index contributed by atoms with van der Waals surface area (Å²) < 4.78 is 10.6. The van der Waals surface area contributed by atoms with Gasteiger partial charge in [0.1, 0.15) is 23.8 Å². The van der Waals surface area contributed by atoms with E-state index in [4.69, 9.17) is 14.7 Å². The van der Waals surface area contributed by atoms with Gasteiger partial charge in [0.15, 0.2) is 0 Å². The molecule has 0 aliphatic carbocycles. The molecule has 142 valence electrons. The van der Waals surface area contributed by atoms with Crippen molar-refractivity contribution < 1.29 is 24.2 Å². The van der Waals surface area contributed by atoms with Crippen molar-refractivity contribution in [3.8, 4) is 17.6 Å². The van der Waals surface area contributed by atoms with Gasteiger partial charge in [-0.1, -0.05) is 30.3 Å². The molecule has 1 fully saturated rings. The number of ketones is 1. The van der Waals surface area contributed by atoms with Crippen LogP contribution in [0.5, 0.6) is 11.5 Å². The molecular formula is C21H18N2O5. The minimum Gasteiger partial charge on any atom is -0.507 e. The number of aliphatic hydroxyl groups is 1. The molecule has 7 heteroatoms. The van der Waals surface area contributed by atoms with Crippen LogP contribution in [0.15, 0.2) is 54.1 Å². The van der Waals surface area contributed by atoms with Crippen LogP contribution in [0, 0.1) is 11.3 Å². The van der Waals surface area contributed by atoms with Crippen LogP contribution >= 0.6 is 0 Å². The minimum absolute atomic E-state index is 0.0880. The van der Waals surface area contributed by atoms with Crippen LogP contribution in [-0.4, -0.2) is 42.5 Å². The summed E-state index contributed by atoms with van der Waals surface area (Å²) in [7, 11) is 2.96. The number of hydrogen-bond acceptors (Lipinski definition) is 6. The van der Waals surface area contributed by atoms with Crippen molar-refractivity contribution in [2.45, 2.75) is 6.04 Å². The third kappa shape index (κ3) is 3.16. The largest absolute Gasteiger partial charge is 0.507 e. The van der Waals surface area contributed by atoms with E-state index in [1.807, 2.05) is 6.07 Å². The summed E-state index contributed by atoms with van der Waals surface area (Å²) in [6.45, 7) is -0.310. The molecule has 2 aromatic carbocycles. The van der Waals surface area contributed by atoms with Crippen LogP contribution < -0.4 is 9.47 Å². The van der Waals surface area contributed by atoms with E-state index in [2.05, 4.69) is 0 Å². The van der Waals surface area contributed by atoms with Gasteiger partial charge in [0.25, 0.3) is 11.7 Å². The number of nitriles is 1. The molecule has 1 amide bonds. The van der Waals surface area contributed by atoms with Gasteiger partial charge >= 0.3 is 0 Å². The summed E-state index contributed by atoms with van der Waals surface area (Å²) in [5.74, 6) is -1.10. The van der Waals surface area contributed by atoms with Crippen LogP contribution in [0.3, 0.4) is 0 Å². The van der Waals surface area contributed by atoms with Gasteiger partial charge in [0.05, 0.1) is 31.9 Å². The predicted molar refractivity (Wildman–Crippen MR) is 101 cm³/mol. The van der Waals surface area contributed by atoms with Crippen molar-refractivity contribution in [3.63, 3.8) is 0 Å². The van der Waals surface area contributed by atoms with Gasteiger partial charge in [0, 0.05) is 17.2 Å².